The molecule has 1 aromatic heterocycles. The van der Waals surface area contributed by atoms with Crippen LogP contribution in [-0.2, 0) is 17.6 Å². The molecule has 0 spiro atoms. The fourth-order valence-corrected chi connectivity index (χ4v) is 3.76. The van der Waals surface area contributed by atoms with E-state index in [1.54, 1.807) is 0 Å². The molecule has 0 fully saturated rings. The lowest BCUT2D eigenvalue weighted by Gasteiger charge is -2.35. The summed E-state index contributed by atoms with van der Waals surface area (Å²) in [5.74, 6) is 0. The average molecular weight is 281 g/mol. The number of hydrogen-bond acceptors (Lipinski definition) is 3. The third-order valence-electron chi connectivity index (χ3n) is 3.32. The van der Waals surface area contributed by atoms with Gasteiger partial charge < -0.3 is 10.1 Å². The molecule has 1 aliphatic rings. The molecule has 1 heterocycles. The molecule has 106 valence electrons. The zero-order valence-corrected chi connectivity index (χ0v) is 13.2. The lowest BCUT2D eigenvalue weighted by molar-refractivity contribution is 0.0455. The van der Waals surface area contributed by atoms with Gasteiger partial charge in [0.05, 0.1) is 0 Å². The Kier molecular flexibility index (Phi) is 3.65. The third-order valence-corrected chi connectivity index (χ3v) is 4.41. The van der Waals surface area contributed by atoms with Crippen LogP contribution in [0.15, 0.2) is 6.07 Å². The summed E-state index contributed by atoms with van der Waals surface area (Å²) in [4.78, 5) is 14.7. The van der Waals surface area contributed by atoms with Gasteiger partial charge in [0.25, 0.3) is 0 Å². The molecule has 1 amide bonds. The second-order valence-corrected chi connectivity index (χ2v) is 8.01. The molecule has 0 saturated carbocycles. The van der Waals surface area contributed by atoms with Crippen molar-refractivity contribution in [1.29, 1.82) is 0 Å². The first-order chi connectivity index (χ1) is 8.67. The Labute approximate surface area is 119 Å². The van der Waals surface area contributed by atoms with Gasteiger partial charge in [0.2, 0.25) is 0 Å². The van der Waals surface area contributed by atoms with E-state index in [1.165, 1.54) is 15.3 Å². The van der Waals surface area contributed by atoms with Gasteiger partial charge in [-0.1, -0.05) is 0 Å². The molecule has 3 nitrogen and oxygen atoms in total. The summed E-state index contributed by atoms with van der Waals surface area (Å²) in [6, 6.07) is 2.27. The molecule has 4 heteroatoms. The number of carbonyl (C=O) groups is 1. The molecule has 2 rings (SSSR count). The Morgan fingerprint density at radius 2 is 2.16 bits per heavy atom. The Morgan fingerprint density at radius 3 is 2.79 bits per heavy atom. The van der Waals surface area contributed by atoms with Crippen LogP contribution >= 0.6 is 11.3 Å². The highest BCUT2D eigenvalue weighted by Gasteiger charge is 2.33. The van der Waals surface area contributed by atoms with E-state index < -0.39 is 5.60 Å². The molecule has 0 radical (unpaired) electrons. The summed E-state index contributed by atoms with van der Waals surface area (Å²) in [7, 11) is 0. The largest absolute Gasteiger partial charge is 0.444 e. The van der Waals surface area contributed by atoms with E-state index >= 15 is 0 Å². The summed E-state index contributed by atoms with van der Waals surface area (Å²) < 4.78 is 5.35. The summed E-state index contributed by atoms with van der Waals surface area (Å²) in [6.45, 7) is 9.90. The van der Waals surface area contributed by atoms with Crippen LogP contribution in [0.4, 0.5) is 4.79 Å². The van der Waals surface area contributed by atoms with Gasteiger partial charge in [-0.05, 0) is 59.1 Å². The van der Waals surface area contributed by atoms with Crippen LogP contribution in [0.25, 0.3) is 0 Å². The minimum atomic E-state index is -0.445. The third kappa shape index (κ3) is 3.72. The molecule has 0 bridgehead atoms. The number of amides is 1. The molecule has 1 atom stereocenters. The highest BCUT2D eigenvalue weighted by molar-refractivity contribution is 7.12. The van der Waals surface area contributed by atoms with Gasteiger partial charge >= 0.3 is 6.09 Å². The zero-order valence-electron chi connectivity index (χ0n) is 12.4. The van der Waals surface area contributed by atoms with Gasteiger partial charge in [-0.15, -0.1) is 11.3 Å². The van der Waals surface area contributed by atoms with E-state index in [2.05, 4.69) is 25.2 Å². The fraction of sp³-hybridized carbons (Fsp3) is 0.667. The van der Waals surface area contributed by atoms with Gasteiger partial charge in [0, 0.05) is 21.7 Å². The highest BCUT2D eigenvalue weighted by Crippen LogP contribution is 2.34. The summed E-state index contributed by atoms with van der Waals surface area (Å²) in [6.07, 6.45) is 2.59. The molecule has 1 N–H and O–H groups in total. The maximum atomic E-state index is 11.9. The number of aryl methyl sites for hydroxylation is 2. The van der Waals surface area contributed by atoms with Gasteiger partial charge in [-0.2, -0.15) is 0 Å². The first kappa shape index (κ1) is 14.4. The van der Waals surface area contributed by atoms with Gasteiger partial charge in [-0.25, -0.2) is 4.79 Å². The smallest absolute Gasteiger partial charge is 0.408 e. The summed E-state index contributed by atoms with van der Waals surface area (Å²) in [5.41, 5.74) is 0.817. The van der Waals surface area contributed by atoms with Crippen molar-refractivity contribution < 1.29 is 9.53 Å². The van der Waals surface area contributed by atoms with E-state index in [9.17, 15) is 4.79 Å². The molecule has 1 aromatic rings. The van der Waals surface area contributed by atoms with E-state index in [4.69, 9.17) is 4.74 Å². The Balaban J connectivity index is 2.03. The van der Waals surface area contributed by atoms with Gasteiger partial charge in [0.15, 0.2) is 0 Å². The van der Waals surface area contributed by atoms with Crippen LogP contribution in [0, 0.1) is 6.92 Å². The van der Waals surface area contributed by atoms with Crippen molar-refractivity contribution in [2.45, 2.75) is 65.0 Å². The molecule has 0 saturated heterocycles. The fourth-order valence-electron chi connectivity index (χ4n) is 2.49. The molecule has 1 unspecified atom stereocenters. The predicted octanol–water partition coefficient (Wildman–Crippen LogP) is 3.83. The monoisotopic (exact) mass is 281 g/mol. The molecular formula is C15H23NO2S. The quantitative estimate of drug-likeness (QED) is 0.849. The second kappa shape index (κ2) is 4.82. The van der Waals surface area contributed by atoms with E-state index in [0.717, 1.165) is 19.3 Å². The van der Waals surface area contributed by atoms with Crippen molar-refractivity contribution in [2.75, 3.05) is 0 Å². The minimum Gasteiger partial charge on any atom is -0.444 e. The number of alkyl carbamates (subject to hydrolysis) is 1. The second-order valence-electron chi connectivity index (χ2n) is 6.67. The van der Waals surface area contributed by atoms with Crippen molar-refractivity contribution in [3.05, 3.63) is 21.4 Å². The van der Waals surface area contributed by atoms with Crippen molar-refractivity contribution in [3.63, 3.8) is 0 Å². The van der Waals surface area contributed by atoms with E-state index in [1.807, 2.05) is 32.1 Å². The van der Waals surface area contributed by atoms with Crippen molar-refractivity contribution in [3.8, 4) is 0 Å². The maximum absolute atomic E-state index is 11.9. The Hall–Kier alpha value is -1.03. The van der Waals surface area contributed by atoms with Crippen LogP contribution < -0.4 is 5.32 Å². The number of carbonyl (C=O) groups excluding carboxylic acids is 1. The highest BCUT2D eigenvalue weighted by atomic mass is 32.1. The normalized spacial score (nSPS) is 22.8. The van der Waals surface area contributed by atoms with Crippen molar-refractivity contribution in [2.24, 2.45) is 0 Å². The minimum absolute atomic E-state index is 0.188. The summed E-state index contributed by atoms with van der Waals surface area (Å²) in [5, 5.41) is 3.05. The maximum Gasteiger partial charge on any atom is 0.408 e. The predicted molar refractivity (Wildman–Crippen MR) is 78.9 cm³/mol. The van der Waals surface area contributed by atoms with Crippen LogP contribution in [0.2, 0.25) is 0 Å². The first-order valence-corrected chi connectivity index (χ1v) is 7.58. The SMILES string of the molecule is Cc1cc2c(s1)CC(C)(NC(=O)OC(C)(C)C)CC2. The number of ether oxygens (including phenoxy) is 1. The molecule has 19 heavy (non-hydrogen) atoms. The standard InChI is InChI=1S/C15H23NO2S/c1-10-8-11-6-7-15(5,9-12(11)19-10)16-13(17)18-14(2,3)4/h8H,6-7,9H2,1-5H3,(H,16,17). The number of thiophene rings is 1. The van der Waals surface area contributed by atoms with Gasteiger partial charge in [0.1, 0.15) is 5.60 Å². The van der Waals surface area contributed by atoms with Crippen molar-refractivity contribution >= 4 is 17.4 Å². The molecule has 1 aliphatic carbocycles. The summed E-state index contributed by atoms with van der Waals surface area (Å²) >= 11 is 1.84. The van der Waals surface area contributed by atoms with E-state index in [-0.39, 0.29) is 11.6 Å². The number of nitrogens with one attached hydrogen (secondary N) is 1. The van der Waals surface area contributed by atoms with Gasteiger partial charge in [-0.3, -0.25) is 0 Å². The van der Waals surface area contributed by atoms with Crippen LogP contribution in [0.1, 0.15) is 49.4 Å². The number of fused-ring (bicyclic) bond motifs is 1. The number of hydrogen-bond donors (Lipinski definition) is 1. The lowest BCUT2D eigenvalue weighted by Crippen LogP contribution is -2.50. The van der Waals surface area contributed by atoms with Crippen molar-refractivity contribution in [1.82, 2.24) is 5.32 Å². The zero-order chi connectivity index (χ0) is 14.3. The van der Waals surface area contributed by atoms with Crippen LogP contribution in [0.3, 0.4) is 0 Å². The van der Waals surface area contributed by atoms with Crippen LogP contribution in [0.5, 0.6) is 0 Å². The molecule has 0 aromatic carbocycles. The Morgan fingerprint density at radius 1 is 1.47 bits per heavy atom. The number of rotatable bonds is 1. The average Bonchev–Trinajstić information content (AvgIpc) is 2.52. The first-order valence-electron chi connectivity index (χ1n) is 6.76. The molecule has 0 aliphatic heterocycles. The van der Waals surface area contributed by atoms with Crippen LogP contribution in [-0.4, -0.2) is 17.2 Å². The van der Waals surface area contributed by atoms with E-state index in [0.29, 0.717) is 0 Å². The Bertz CT molecular complexity index is 487. The topological polar surface area (TPSA) is 38.3 Å². The lowest BCUT2D eigenvalue weighted by atomic mass is 9.83. The molecular weight excluding hydrogens is 258 g/mol.